The Bertz CT molecular complexity index is 580. The Labute approximate surface area is 374 Å². The van der Waals surface area contributed by atoms with Gasteiger partial charge in [-0.05, 0) is 12.8 Å². The highest BCUT2D eigenvalue weighted by Gasteiger charge is 1.99. The predicted octanol–water partition coefficient (Wildman–Crippen LogP) is 22.1. The lowest BCUT2D eigenvalue weighted by Crippen LogP contribution is -1.85. The van der Waals surface area contributed by atoms with Crippen molar-refractivity contribution in [2.24, 2.45) is 0 Å². The Morgan fingerprint density at radius 2 is 0.143 bits per heavy atom. The average molecular weight is 917 g/mol. The second-order valence-electron chi connectivity index (χ2n) is 18.8. The molecule has 0 spiro atoms. The SMILES string of the molecule is BrCCCCCCCCCCCCCCCCCCCCCCCCCCCCCCCCCCCCCCCCCCCCCCCCCCCCCCBr. The Kier molecular flexibility index (Phi) is 56.9. The summed E-state index contributed by atoms with van der Waals surface area (Å²) >= 11 is 7.07. The molecule has 0 N–H and O–H groups in total. The molecule has 0 aromatic carbocycles. The van der Waals surface area contributed by atoms with Crippen molar-refractivity contribution in [2.45, 2.75) is 334 Å². The van der Waals surface area contributed by atoms with Crippen LogP contribution in [0.1, 0.15) is 334 Å². The molecule has 0 aliphatic heterocycles. The first-order chi connectivity index (χ1) is 27.9. The predicted molar refractivity (Wildman–Crippen MR) is 268 cm³/mol. The third-order valence-electron chi connectivity index (χ3n) is 13.0. The van der Waals surface area contributed by atoms with Gasteiger partial charge in [0.2, 0.25) is 0 Å². The fourth-order valence-corrected chi connectivity index (χ4v) is 9.82. The summed E-state index contributed by atoms with van der Waals surface area (Å²) in [6.07, 6.45) is 77.1. The molecule has 0 nitrogen and oxygen atoms in total. The molecule has 0 bridgehead atoms. The molecule has 0 heterocycles. The molecule has 0 aromatic rings. The molecular formula is C54H108Br2. The van der Waals surface area contributed by atoms with Gasteiger partial charge in [-0.3, -0.25) is 0 Å². The molecule has 2 heteroatoms. The summed E-state index contributed by atoms with van der Waals surface area (Å²) in [5.41, 5.74) is 0. The topological polar surface area (TPSA) is 0 Å². The summed E-state index contributed by atoms with van der Waals surface area (Å²) in [7, 11) is 0. The number of hydrogen-bond donors (Lipinski definition) is 0. The molecule has 0 saturated carbocycles. The third kappa shape index (κ3) is 55.0. The highest BCUT2D eigenvalue weighted by molar-refractivity contribution is 9.09. The summed E-state index contributed by atoms with van der Waals surface area (Å²) in [6.45, 7) is 0. The molecule has 0 radical (unpaired) electrons. The molecule has 0 fully saturated rings. The van der Waals surface area contributed by atoms with Crippen LogP contribution in [0.5, 0.6) is 0 Å². The van der Waals surface area contributed by atoms with Gasteiger partial charge in [-0.25, -0.2) is 0 Å². The van der Waals surface area contributed by atoms with Crippen molar-refractivity contribution in [3.63, 3.8) is 0 Å². The van der Waals surface area contributed by atoms with Gasteiger partial charge in [0, 0.05) is 10.7 Å². The van der Waals surface area contributed by atoms with Gasteiger partial charge in [-0.1, -0.05) is 353 Å². The summed E-state index contributed by atoms with van der Waals surface area (Å²) < 4.78 is 0. The maximum atomic E-state index is 3.53. The van der Waals surface area contributed by atoms with E-state index in [1.165, 1.54) is 345 Å². The largest absolute Gasteiger partial charge is 0.0928 e. The molecule has 0 amide bonds. The zero-order valence-electron chi connectivity index (χ0n) is 38.9. The van der Waals surface area contributed by atoms with Gasteiger partial charge in [0.05, 0.1) is 0 Å². The van der Waals surface area contributed by atoms with Crippen LogP contribution in [0, 0.1) is 0 Å². The van der Waals surface area contributed by atoms with E-state index in [-0.39, 0.29) is 0 Å². The van der Waals surface area contributed by atoms with Gasteiger partial charge in [0.1, 0.15) is 0 Å². The summed E-state index contributed by atoms with van der Waals surface area (Å²) in [5.74, 6) is 0. The monoisotopic (exact) mass is 915 g/mol. The second-order valence-corrected chi connectivity index (χ2v) is 20.3. The average Bonchev–Trinajstić information content (AvgIpc) is 3.21. The first-order valence-electron chi connectivity index (χ1n) is 27.0. The van der Waals surface area contributed by atoms with Crippen molar-refractivity contribution < 1.29 is 0 Å². The number of unbranched alkanes of at least 4 members (excludes halogenated alkanes) is 51. The van der Waals surface area contributed by atoms with E-state index >= 15 is 0 Å². The van der Waals surface area contributed by atoms with E-state index in [4.69, 9.17) is 0 Å². The van der Waals surface area contributed by atoms with Gasteiger partial charge in [-0.2, -0.15) is 0 Å². The maximum Gasteiger partial charge on any atom is 0.00313 e. The highest BCUT2D eigenvalue weighted by Crippen LogP contribution is 2.19. The summed E-state index contributed by atoms with van der Waals surface area (Å²) in [4.78, 5) is 0. The minimum Gasteiger partial charge on any atom is -0.0928 e. The van der Waals surface area contributed by atoms with Crippen molar-refractivity contribution in [1.82, 2.24) is 0 Å². The maximum absolute atomic E-state index is 3.53. The van der Waals surface area contributed by atoms with Crippen LogP contribution in [0.2, 0.25) is 0 Å². The van der Waals surface area contributed by atoms with Crippen LogP contribution in [0.3, 0.4) is 0 Å². The van der Waals surface area contributed by atoms with Crippen LogP contribution < -0.4 is 0 Å². The molecule has 0 aromatic heterocycles. The fraction of sp³-hybridized carbons (Fsp3) is 1.00. The number of halogens is 2. The van der Waals surface area contributed by atoms with Crippen molar-refractivity contribution in [3.05, 3.63) is 0 Å². The normalized spacial score (nSPS) is 11.7. The third-order valence-corrected chi connectivity index (χ3v) is 14.1. The highest BCUT2D eigenvalue weighted by atomic mass is 79.9. The summed E-state index contributed by atoms with van der Waals surface area (Å²) in [5, 5.41) is 2.37. The van der Waals surface area contributed by atoms with E-state index in [1.54, 1.807) is 0 Å². The summed E-state index contributed by atoms with van der Waals surface area (Å²) in [6, 6.07) is 0. The van der Waals surface area contributed by atoms with Crippen LogP contribution in [0.25, 0.3) is 0 Å². The van der Waals surface area contributed by atoms with Crippen LogP contribution in [-0.2, 0) is 0 Å². The number of alkyl halides is 2. The van der Waals surface area contributed by atoms with Crippen LogP contribution in [0.4, 0.5) is 0 Å². The van der Waals surface area contributed by atoms with E-state index in [9.17, 15) is 0 Å². The van der Waals surface area contributed by atoms with E-state index in [1.807, 2.05) is 0 Å². The fourth-order valence-electron chi connectivity index (χ4n) is 9.03. The lowest BCUT2D eigenvalue weighted by molar-refractivity contribution is 0.507. The first-order valence-corrected chi connectivity index (χ1v) is 29.3. The van der Waals surface area contributed by atoms with Crippen LogP contribution in [0.15, 0.2) is 0 Å². The van der Waals surface area contributed by atoms with E-state index in [2.05, 4.69) is 31.9 Å². The van der Waals surface area contributed by atoms with Crippen molar-refractivity contribution in [1.29, 1.82) is 0 Å². The lowest BCUT2D eigenvalue weighted by atomic mass is 10.0. The molecule has 338 valence electrons. The molecule has 0 aliphatic carbocycles. The molecular weight excluding hydrogens is 808 g/mol. The molecule has 56 heavy (non-hydrogen) atoms. The van der Waals surface area contributed by atoms with Gasteiger partial charge in [0.25, 0.3) is 0 Å². The Hall–Kier alpha value is 0.960. The van der Waals surface area contributed by atoms with E-state index in [0.29, 0.717) is 0 Å². The molecule has 0 saturated heterocycles. The van der Waals surface area contributed by atoms with Gasteiger partial charge >= 0.3 is 0 Å². The van der Waals surface area contributed by atoms with Crippen molar-refractivity contribution in [2.75, 3.05) is 10.7 Å². The van der Waals surface area contributed by atoms with Gasteiger partial charge in [0.15, 0.2) is 0 Å². The molecule has 0 rings (SSSR count). The molecule has 0 atom stereocenters. The van der Waals surface area contributed by atoms with Gasteiger partial charge in [-0.15, -0.1) is 0 Å². The van der Waals surface area contributed by atoms with Crippen molar-refractivity contribution >= 4 is 31.9 Å². The number of hydrogen-bond acceptors (Lipinski definition) is 0. The van der Waals surface area contributed by atoms with Crippen LogP contribution >= 0.6 is 31.9 Å². The zero-order valence-corrected chi connectivity index (χ0v) is 42.1. The smallest absolute Gasteiger partial charge is 0.00313 e. The number of rotatable bonds is 53. The molecule has 0 unspecified atom stereocenters. The Morgan fingerprint density at radius 1 is 0.0893 bits per heavy atom. The minimum absolute atomic E-state index is 1.19. The standard InChI is InChI=1S/C54H108Br2/c55-53-51-49-47-45-43-41-39-37-35-33-31-29-27-25-23-21-19-17-15-13-11-9-7-5-3-1-2-4-6-8-10-12-14-16-18-20-22-24-26-28-30-32-34-36-38-40-42-44-46-48-50-52-54-56/h1-54H2. The Morgan fingerprint density at radius 3 is 0.196 bits per heavy atom. The zero-order chi connectivity index (χ0) is 40.2. The lowest BCUT2D eigenvalue weighted by Gasteiger charge is -2.05. The Balaban J connectivity index is 3.05. The quantitative estimate of drug-likeness (QED) is 0.0421. The van der Waals surface area contributed by atoms with Crippen molar-refractivity contribution in [3.8, 4) is 0 Å². The molecule has 0 aliphatic rings. The van der Waals surface area contributed by atoms with Gasteiger partial charge < -0.3 is 0 Å². The minimum atomic E-state index is 1.19. The van der Waals surface area contributed by atoms with E-state index in [0.717, 1.165) is 0 Å². The first kappa shape index (κ1) is 57.0. The van der Waals surface area contributed by atoms with E-state index < -0.39 is 0 Å². The second kappa shape index (κ2) is 56.0. The van der Waals surface area contributed by atoms with Crippen LogP contribution in [-0.4, -0.2) is 10.7 Å².